The molecule has 4 aromatic rings. The van der Waals surface area contributed by atoms with Crippen molar-refractivity contribution in [1.82, 2.24) is 14.8 Å². The van der Waals surface area contributed by atoms with Gasteiger partial charge in [-0.2, -0.15) is 5.10 Å². The molecule has 0 saturated heterocycles. The molecule has 10 heteroatoms. The predicted octanol–water partition coefficient (Wildman–Crippen LogP) is 4.46. The van der Waals surface area contributed by atoms with Crippen LogP contribution >= 0.6 is 11.6 Å². The summed E-state index contributed by atoms with van der Waals surface area (Å²) in [5.74, 6) is 1.88. The summed E-state index contributed by atoms with van der Waals surface area (Å²) in [4.78, 5) is 13.2. The van der Waals surface area contributed by atoms with Gasteiger partial charge in [-0.15, -0.1) is 10.2 Å². The van der Waals surface area contributed by atoms with Crippen molar-refractivity contribution in [3.8, 4) is 17.2 Å². The molecule has 1 aromatic heterocycles. The molecule has 9 nitrogen and oxygen atoms in total. The number of aromatic nitrogens is 3. The summed E-state index contributed by atoms with van der Waals surface area (Å²) in [6, 6.07) is 20.5. The third-order valence-electron chi connectivity index (χ3n) is 5.75. The van der Waals surface area contributed by atoms with Crippen molar-refractivity contribution in [1.29, 1.82) is 0 Å². The number of carbonyl (C=O) groups is 1. The predicted molar refractivity (Wildman–Crippen MR) is 139 cm³/mol. The second-order valence-electron chi connectivity index (χ2n) is 8.03. The number of para-hydroxylation sites is 1. The molecule has 3 aromatic carbocycles. The van der Waals surface area contributed by atoms with Crippen LogP contribution in [0.2, 0.25) is 5.02 Å². The molecule has 0 fully saturated rings. The second kappa shape index (κ2) is 9.71. The molecule has 0 saturated carbocycles. The van der Waals surface area contributed by atoms with Crippen molar-refractivity contribution < 1.29 is 14.3 Å². The van der Waals surface area contributed by atoms with E-state index in [4.69, 9.17) is 26.2 Å². The van der Waals surface area contributed by atoms with E-state index in [1.165, 1.54) is 7.11 Å². The van der Waals surface area contributed by atoms with Gasteiger partial charge < -0.3 is 14.8 Å². The van der Waals surface area contributed by atoms with Crippen molar-refractivity contribution in [3.63, 3.8) is 0 Å². The summed E-state index contributed by atoms with van der Waals surface area (Å²) in [7, 11) is 3.10. The highest BCUT2D eigenvalue weighted by molar-refractivity contribution is 6.30. The monoisotopic (exact) mass is 502 g/mol. The number of nitrogens with one attached hydrogen (secondary N) is 1. The lowest BCUT2D eigenvalue weighted by atomic mass is 10.0. The van der Waals surface area contributed by atoms with Crippen molar-refractivity contribution in [3.05, 3.63) is 88.7 Å². The fraction of sp³-hybridized carbons (Fsp3) is 0.154. The Labute approximate surface area is 212 Å². The molecule has 0 bridgehead atoms. The van der Waals surface area contributed by atoms with E-state index in [0.29, 0.717) is 39.7 Å². The number of carbonyl (C=O) groups excluding carboxylic acids is 1. The third kappa shape index (κ3) is 4.36. The minimum Gasteiger partial charge on any atom is -0.497 e. The van der Waals surface area contributed by atoms with E-state index in [-0.39, 0.29) is 12.5 Å². The number of anilines is 2. The standard InChI is InChI=1S/C26H23ClN6O3/c1-16-29-30-26-32(15-24(34)28-21-14-19(35-2)12-13-23(21)36-3)31-25(17-8-10-18(27)11-9-17)20-6-4-5-7-22(20)33(16)26/h4-14H,15H2,1-3H3,(H,28,34). The molecule has 0 atom stereocenters. The number of aryl methyl sites for hydroxylation is 1. The van der Waals surface area contributed by atoms with Crippen LogP contribution in [0, 0.1) is 6.92 Å². The summed E-state index contributed by atoms with van der Waals surface area (Å²) in [6.45, 7) is 1.74. The Bertz CT molecular complexity index is 1470. The van der Waals surface area contributed by atoms with Crippen molar-refractivity contribution in [2.75, 3.05) is 31.1 Å². The topological polar surface area (TPSA) is 93.9 Å². The average Bonchev–Trinajstić information content (AvgIpc) is 3.21. The van der Waals surface area contributed by atoms with Gasteiger partial charge in [0.15, 0.2) is 0 Å². The van der Waals surface area contributed by atoms with E-state index in [2.05, 4.69) is 15.5 Å². The summed E-state index contributed by atoms with van der Waals surface area (Å²) in [5, 5.41) is 18.6. The van der Waals surface area contributed by atoms with E-state index in [1.54, 1.807) is 30.3 Å². The molecular weight excluding hydrogens is 480 g/mol. The van der Waals surface area contributed by atoms with Gasteiger partial charge in [-0.25, -0.2) is 5.01 Å². The number of methoxy groups -OCH3 is 2. The molecule has 2 heterocycles. The number of amides is 1. The van der Waals surface area contributed by atoms with Gasteiger partial charge in [-0.05, 0) is 37.3 Å². The SMILES string of the molecule is COc1ccc(OC)c(NC(=O)CN2N=C(c3ccc(Cl)cc3)c3ccccc3-n3c(C)nnc32)c1. The Morgan fingerprint density at radius 1 is 1.00 bits per heavy atom. The molecule has 1 aliphatic heterocycles. The molecule has 5 rings (SSSR count). The minimum atomic E-state index is -0.320. The van der Waals surface area contributed by atoms with Gasteiger partial charge in [0.25, 0.3) is 5.95 Å². The van der Waals surface area contributed by atoms with Crippen LogP contribution in [-0.4, -0.2) is 47.1 Å². The number of hydrazone groups is 1. The van der Waals surface area contributed by atoms with Crippen LogP contribution in [0.25, 0.3) is 5.69 Å². The number of rotatable bonds is 6. The Morgan fingerprint density at radius 3 is 2.53 bits per heavy atom. The molecule has 1 aliphatic rings. The highest BCUT2D eigenvalue weighted by atomic mass is 35.5. The van der Waals surface area contributed by atoms with Gasteiger partial charge >= 0.3 is 0 Å². The Morgan fingerprint density at radius 2 is 1.78 bits per heavy atom. The normalized spacial score (nSPS) is 12.2. The second-order valence-corrected chi connectivity index (χ2v) is 8.46. The molecule has 1 N–H and O–H groups in total. The van der Waals surface area contributed by atoms with E-state index in [0.717, 1.165) is 16.8 Å². The molecule has 0 spiro atoms. The minimum absolute atomic E-state index is 0.121. The first-order chi connectivity index (χ1) is 17.5. The maximum absolute atomic E-state index is 13.2. The zero-order chi connectivity index (χ0) is 25.2. The van der Waals surface area contributed by atoms with E-state index < -0.39 is 0 Å². The maximum atomic E-state index is 13.2. The smallest absolute Gasteiger partial charge is 0.252 e. The van der Waals surface area contributed by atoms with Crippen LogP contribution in [0.1, 0.15) is 17.0 Å². The first-order valence-corrected chi connectivity index (χ1v) is 11.5. The molecule has 0 unspecified atom stereocenters. The van der Waals surface area contributed by atoms with Gasteiger partial charge in [-0.3, -0.25) is 9.36 Å². The molecule has 0 aliphatic carbocycles. The summed E-state index contributed by atoms with van der Waals surface area (Å²) in [5.41, 5.74) is 3.75. The van der Waals surface area contributed by atoms with Crippen LogP contribution in [-0.2, 0) is 4.79 Å². The van der Waals surface area contributed by atoms with Gasteiger partial charge in [-0.1, -0.05) is 41.9 Å². The number of fused-ring (bicyclic) bond motifs is 3. The van der Waals surface area contributed by atoms with Crippen LogP contribution in [0.5, 0.6) is 11.5 Å². The van der Waals surface area contributed by atoms with Gasteiger partial charge in [0, 0.05) is 22.2 Å². The zero-order valence-electron chi connectivity index (χ0n) is 19.9. The van der Waals surface area contributed by atoms with Crippen molar-refractivity contribution in [2.24, 2.45) is 5.10 Å². The summed E-state index contributed by atoms with van der Waals surface area (Å²) >= 11 is 6.14. The number of ether oxygens (including phenoxy) is 2. The van der Waals surface area contributed by atoms with Gasteiger partial charge in [0.05, 0.1) is 25.6 Å². The molecule has 182 valence electrons. The molecule has 0 radical (unpaired) electrons. The lowest BCUT2D eigenvalue weighted by Gasteiger charge is -2.18. The molecular formula is C26H23ClN6O3. The van der Waals surface area contributed by atoms with E-state index in [1.807, 2.05) is 60.0 Å². The highest BCUT2D eigenvalue weighted by Gasteiger charge is 2.27. The van der Waals surface area contributed by atoms with Crippen molar-refractivity contribution >= 4 is 34.9 Å². The van der Waals surface area contributed by atoms with Crippen LogP contribution in [0.4, 0.5) is 11.6 Å². The number of hydrogen-bond acceptors (Lipinski definition) is 7. The first kappa shape index (κ1) is 23.4. The maximum Gasteiger partial charge on any atom is 0.252 e. The quantitative estimate of drug-likeness (QED) is 0.418. The van der Waals surface area contributed by atoms with E-state index in [9.17, 15) is 4.79 Å². The Hall–Kier alpha value is -4.37. The number of benzene rings is 3. The summed E-state index contributed by atoms with van der Waals surface area (Å²) < 4.78 is 12.6. The fourth-order valence-electron chi connectivity index (χ4n) is 4.05. The lowest BCUT2D eigenvalue weighted by Crippen LogP contribution is -2.31. The van der Waals surface area contributed by atoms with Crippen LogP contribution < -0.4 is 19.8 Å². The third-order valence-corrected chi connectivity index (χ3v) is 6.00. The Kier molecular flexibility index (Phi) is 6.30. The number of nitrogens with zero attached hydrogens (tertiary/aromatic N) is 5. The highest BCUT2D eigenvalue weighted by Crippen LogP contribution is 2.31. The molecule has 36 heavy (non-hydrogen) atoms. The first-order valence-electron chi connectivity index (χ1n) is 11.1. The number of hydrogen-bond donors (Lipinski definition) is 1. The van der Waals surface area contributed by atoms with E-state index >= 15 is 0 Å². The summed E-state index contributed by atoms with van der Waals surface area (Å²) in [6.07, 6.45) is 0. The van der Waals surface area contributed by atoms with Gasteiger partial charge in [0.1, 0.15) is 29.6 Å². The zero-order valence-corrected chi connectivity index (χ0v) is 20.7. The largest absolute Gasteiger partial charge is 0.497 e. The van der Waals surface area contributed by atoms with Crippen molar-refractivity contribution in [2.45, 2.75) is 6.92 Å². The molecule has 1 amide bonds. The average molecular weight is 503 g/mol. The van der Waals surface area contributed by atoms with Crippen LogP contribution in [0.3, 0.4) is 0 Å². The number of halogens is 1. The van der Waals surface area contributed by atoms with Gasteiger partial charge in [0.2, 0.25) is 5.91 Å². The van der Waals surface area contributed by atoms with Crippen LogP contribution in [0.15, 0.2) is 71.8 Å². The fourth-order valence-corrected chi connectivity index (χ4v) is 4.18. The lowest BCUT2D eigenvalue weighted by molar-refractivity contribution is -0.115. The Balaban J connectivity index is 1.57.